The van der Waals surface area contributed by atoms with Crippen LogP contribution in [-0.2, 0) is 6.54 Å². The van der Waals surface area contributed by atoms with Crippen LogP contribution >= 0.6 is 0 Å². The summed E-state index contributed by atoms with van der Waals surface area (Å²) in [7, 11) is 0. The Morgan fingerprint density at radius 2 is 2.00 bits per heavy atom. The number of aromatic amines is 1. The van der Waals surface area contributed by atoms with Crippen LogP contribution in [0.3, 0.4) is 0 Å². The summed E-state index contributed by atoms with van der Waals surface area (Å²) in [5, 5.41) is 10.9. The Bertz CT molecular complexity index is 490. The zero-order valence-electron chi connectivity index (χ0n) is 12.5. The van der Waals surface area contributed by atoms with Gasteiger partial charge in [-0.05, 0) is 18.9 Å². The van der Waals surface area contributed by atoms with E-state index < -0.39 is 0 Å². The molecule has 0 amide bonds. The van der Waals surface area contributed by atoms with E-state index in [4.69, 9.17) is 0 Å². The monoisotopic (exact) mass is 271 g/mol. The first-order valence-electron chi connectivity index (χ1n) is 7.62. The minimum Gasteiger partial charge on any atom is -0.310 e. The normalized spacial score (nSPS) is 12.5. The van der Waals surface area contributed by atoms with Gasteiger partial charge in [-0.2, -0.15) is 5.10 Å². The van der Waals surface area contributed by atoms with E-state index in [9.17, 15) is 0 Å². The highest BCUT2D eigenvalue weighted by molar-refractivity contribution is 5.62. The summed E-state index contributed by atoms with van der Waals surface area (Å²) in [5.74, 6) is 0. The highest BCUT2D eigenvalue weighted by Crippen LogP contribution is 2.20. The molecule has 2 rings (SSSR count). The van der Waals surface area contributed by atoms with Gasteiger partial charge in [-0.15, -0.1) is 0 Å². The smallest absolute Gasteiger partial charge is 0.0695 e. The van der Waals surface area contributed by atoms with Crippen molar-refractivity contribution in [3.8, 4) is 11.3 Å². The number of H-pyrrole nitrogens is 1. The van der Waals surface area contributed by atoms with Gasteiger partial charge in [0.05, 0.1) is 11.9 Å². The van der Waals surface area contributed by atoms with Crippen LogP contribution in [0, 0.1) is 0 Å². The number of hydrogen-bond donors (Lipinski definition) is 2. The fourth-order valence-electron chi connectivity index (χ4n) is 2.39. The molecule has 3 nitrogen and oxygen atoms in total. The summed E-state index contributed by atoms with van der Waals surface area (Å²) < 4.78 is 0. The Morgan fingerprint density at radius 1 is 1.20 bits per heavy atom. The highest BCUT2D eigenvalue weighted by atomic mass is 15.1. The molecule has 1 aromatic carbocycles. The maximum absolute atomic E-state index is 4.19. The first-order chi connectivity index (χ1) is 9.81. The van der Waals surface area contributed by atoms with E-state index in [-0.39, 0.29) is 0 Å². The van der Waals surface area contributed by atoms with Crippen molar-refractivity contribution < 1.29 is 0 Å². The number of nitrogens with zero attached hydrogens (tertiary/aromatic N) is 1. The quantitative estimate of drug-likeness (QED) is 0.709. The van der Waals surface area contributed by atoms with E-state index in [0.717, 1.165) is 12.2 Å². The van der Waals surface area contributed by atoms with Gasteiger partial charge in [0.25, 0.3) is 0 Å². The number of unbranched alkanes of at least 4 members (excludes halogenated alkanes) is 2. The zero-order valence-corrected chi connectivity index (χ0v) is 12.5. The summed E-state index contributed by atoms with van der Waals surface area (Å²) in [6, 6.07) is 10.9. The van der Waals surface area contributed by atoms with Gasteiger partial charge in [0.15, 0.2) is 0 Å². The van der Waals surface area contributed by atoms with E-state index in [1.54, 1.807) is 0 Å². The fraction of sp³-hybridized carbons (Fsp3) is 0.471. The SMILES string of the molecule is CCCCCC(C)NCc1cn[nH]c1-c1ccccc1. The van der Waals surface area contributed by atoms with Crippen LogP contribution in [0.5, 0.6) is 0 Å². The molecule has 2 N–H and O–H groups in total. The van der Waals surface area contributed by atoms with Gasteiger partial charge in [0.2, 0.25) is 0 Å². The molecule has 3 heteroatoms. The van der Waals surface area contributed by atoms with Crippen LogP contribution in [-0.4, -0.2) is 16.2 Å². The molecule has 20 heavy (non-hydrogen) atoms. The lowest BCUT2D eigenvalue weighted by atomic mass is 10.1. The maximum Gasteiger partial charge on any atom is 0.0695 e. The zero-order chi connectivity index (χ0) is 14.2. The summed E-state index contributed by atoms with van der Waals surface area (Å²) in [4.78, 5) is 0. The number of benzene rings is 1. The molecule has 0 aliphatic rings. The van der Waals surface area contributed by atoms with E-state index in [0.29, 0.717) is 6.04 Å². The molecule has 1 aromatic heterocycles. The van der Waals surface area contributed by atoms with Crippen LogP contribution < -0.4 is 5.32 Å². The van der Waals surface area contributed by atoms with E-state index in [2.05, 4.69) is 53.6 Å². The van der Waals surface area contributed by atoms with Crippen molar-refractivity contribution in [3.05, 3.63) is 42.1 Å². The molecule has 0 spiro atoms. The van der Waals surface area contributed by atoms with Gasteiger partial charge in [-0.25, -0.2) is 0 Å². The standard InChI is InChI=1S/C17H25N3/c1-3-4-6-9-14(2)18-12-16-13-19-20-17(16)15-10-7-5-8-11-15/h5,7-8,10-11,13-14,18H,3-4,6,9,12H2,1-2H3,(H,19,20). The molecule has 1 heterocycles. The largest absolute Gasteiger partial charge is 0.310 e. The van der Waals surface area contributed by atoms with Crippen molar-refractivity contribution in [2.45, 2.75) is 52.1 Å². The lowest BCUT2D eigenvalue weighted by Gasteiger charge is -2.13. The predicted molar refractivity (Wildman–Crippen MR) is 84.5 cm³/mol. The van der Waals surface area contributed by atoms with Gasteiger partial charge in [0.1, 0.15) is 0 Å². The third-order valence-electron chi connectivity index (χ3n) is 3.66. The third kappa shape index (κ3) is 4.20. The molecule has 0 radical (unpaired) electrons. The van der Waals surface area contributed by atoms with E-state index in [1.165, 1.54) is 36.8 Å². The molecule has 0 saturated heterocycles. The predicted octanol–water partition coefficient (Wildman–Crippen LogP) is 4.14. The van der Waals surface area contributed by atoms with Crippen LogP contribution in [0.25, 0.3) is 11.3 Å². The molecule has 0 bridgehead atoms. The minimum atomic E-state index is 0.556. The van der Waals surface area contributed by atoms with Crippen molar-refractivity contribution in [2.75, 3.05) is 0 Å². The number of hydrogen-bond acceptors (Lipinski definition) is 2. The Labute approximate surface area is 121 Å². The minimum absolute atomic E-state index is 0.556. The molecule has 0 aliphatic carbocycles. The van der Waals surface area contributed by atoms with Gasteiger partial charge < -0.3 is 5.32 Å². The van der Waals surface area contributed by atoms with Gasteiger partial charge >= 0.3 is 0 Å². The summed E-state index contributed by atoms with van der Waals surface area (Å²) in [6.45, 7) is 5.38. The van der Waals surface area contributed by atoms with Crippen LogP contribution in [0.15, 0.2) is 36.5 Å². The summed E-state index contributed by atoms with van der Waals surface area (Å²) in [5.41, 5.74) is 3.55. The lowest BCUT2D eigenvalue weighted by molar-refractivity contribution is 0.487. The van der Waals surface area contributed by atoms with Crippen molar-refractivity contribution in [1.29, 1.82) is 0 Å². The third-order valence-corrected chi connectivity index (χ3v) is 3.66. The summed E-state index contributed by atoms with van der Waals surface area (Å²) >= 11 is 0. The molecule has 1 atom stereocenters. The Kier molecular flexibility index (Phi) is 5.81. The molecule has 0 aliphatic heterocycles. The highest BCUT2D eigenvalue weighted by Gasteiger charge is 2.08. The lowest BCUT2D eigenvalue weighted by Crippen LogP contribution is -2.25. The van der Waals surface area contributed by atoms with Crippen molar-refractivity contribution in [1.82, 2.24) is 15.5 Å². The van der Waals surface area contributed by atoms with Crippen LogP contribution in [0.2, 0.25) is 0 Å². The number of rotatable bonds is 8. The average Bonchev–Trinajstić information content (AvgIpc) is 2.95. The fourth-order valence-corrected chi connectivity index (χ4v) is 2.39. The molecule has 108 valence electrons. The topological polar surface area (TPSA) is 40.7 Å². The number of aromatic nitrogens is 2. The van der Waals surface area contributed by atoms with Gasteiger partial charge in [-0.3, -0.25) is 5.10 Å². The van der Waals surface area contributed by atoms with Crippen LogP contribution in [0.4, 0.5) is 0 Å². The van der Waals surface area contributed by atoms with E-state index >= 15 is 0 Å². The van der Waals surface area contributed by atoms with Gasteiger partial charge in [-0.1, -0.05) is 56.5 Å². The summed E-state index contributed by atoms with van der Waals surface area (Å²) in [6.07, 6.45) is 7.08. The Hall–Kier alpha value is -1.61. The van der Waals surface area contributed by atoms with Crippen molar-refractivity contribution in [3.63, 3.8) is 0 Å². The molecular formula is C17H25N3. The first kappa shape index (κ1) is 14.8. The molecule has 0 fully saturated rings. The first-order valence-corrected chi connectivity index (χ1v) is 7.62. The Balaban J connectivity index is 1.90. The number of nitrogens with one attached hydrogen (secondary N) is 2. The molecule has 1 unspecified atom stereocenters. The molecule has 2 aromatic rings. The van der Waals surface area contributed by atoms with Crippen molar-refractivity contribution >= 4 is 0 Å². The average molecular weight is 271 g/mol. The van der Waals surface area contributed by atoms with Crippen molar-refractivity contribution in [2.24, 2.45) is 0 Å². The Morgan fingerprint density at radius 3 is 2.75 bits per heavy atom. The second kappa shape index (κ2) is 7.85. The van der Waals surface area contributed by atoms with E-state index in [1.807, 2.05) is 12.3 Å². The second-order valence-corrected chi connectivity index (χ2v) is 5.41. The van der Waals surface area contributed by atoms with Gasteiger partial charge in [0, 0.05) is 18.2 Å². The van der Waals surface area contributed by atoms with Crippen LogP contribution in [0.1, 0.15) is 45.1 Å². The second-order valence-electron chi connectivity index (χ2n) is 5.41. The maximum atomic E-state index is 4.19. The molecule has 0 saturated carbocycles. The molecular weight excluding hydrogens is 246 g/mol.